The maximum absolute atomic E-state index is 12.1. The summed E-state index contributed by atoms with van der Waals surface area (Å²) in [6.07, 6.45) is 2.73. The fourth-order valence-corrected chi connectivity index (χ4v) is 2.45. The van der Waals surface area contributed by atoms with Crippen LogP contribution in [0.15, 0.2) is 12.3 Å². The molecule has 0 N–H and O–H groups in total. The zero-order valence-corrected chi connectivity index (χ0v) is 12.5. The minimum absolute atomic E-state index is 0.0946. The number of rotatable bonds is 3. The first-order chi connectivity index (χ1) is 10.6. The molecule has 3 heterocycles. The third-order valence-corrected chi connectivity index (χ3v) is 3.66. The molecule has 2 aromatic heterocycles. The van der Waals surface area contributed by atoms with E-state index in [1.165, 1.54) is 4.52 Å². The zero-order valence-electron chi connectivity index (χ0n) is 12.5. The molecule has 1 aliphatic rings. The molecule has 0 spiro atoms. The van der Waals surface area contributed by atoms with Gasteiger partial charge in [-0.15, -0.1) is 5.10 Å². The Bertz CT molecular complexity index is 720. The van der Waals surface area contributed by atoms with Crippen molar-refractivity contribution in [2.24, 2.45) is 0 Å². The van der Waals surface area contributed by atoms with Crippen LogP contribution in [0.1, 0.15) is 36.1 Å². The number of fused-ring (bicyclic) bond motifs is 1. The number of carbonyl (C=O) groups is 2. The van der Waals surface area contributed by atoms with Crippen molar-refractivity contribution in [2.75, 3.05) is 13.1 Å². The summed E-state index contributed by atoms with van der Waals surface area (Å²) in [6.45, 7) is 4.84. The summed E-state index contributed by atoms with van der Waals surface area (Å²) >= 11 is 0. The van der Waals surface area contributed by atoms with Crippen LogP contribution in [0.2, 0.25) is 0 Å². The topological polar surface area (TPSA) is 89.7 Å². The quantitative estimate of drug-likeness (QED) is 0.771. The number of likely N-dealkylation sites (tertiary alicyclic amines) is 1. The molecule has 1 unspecified atom stereocenters. The fraction of sp³-hybridized carbons (Fsp3) is 0.500. The fourth-order valence-electron chi connectivity index (χ4n) is 2.45. The van der Waals surface area contributed by atoms with Crippen LogP contribution in [-0.2, 0) is 9.53 Å². The highest BCUT2D eigenvalue weighted by atomic mass is 16.5. The molecule has 1 aliphatic heterocycles. The standard InChI is InChI=1S/C14H17N5O3/c1-9-5-6-15-14-16-11(17-19(9)14)13(21)22-10(2)12(20)18-7-3-4-8-18/h5-6,10H,3-4,7-8H2,1-2H3. The van der Waals surface area contributed by atoms with Crippen LogP contribution >= 0.6 is 0 Å². The predicted molar refractivity (Wildman–Crippen MR) is 76.2 cm³/mol. The van der Waals surface area contributed by atoms with Crippen LogP contribution in [0.25, 0.3) is 5.78 Å². The van der Waals surface area contributed by atoms with Crippen LogP contribution in [0.3, 0.4) is 0 Å². The Hall–Kier alpha value is -2.51. The molecule has 2 aromatic rings. The first-order valence-electron chi connectivity index (χ1n) is 7.24. The Labute approximate surface area is 127 Å². The predicted octanol–water partition coefficient (Wildman–Crippen LogP) is 0.600. The highest BCUT2D eigenvalue weighted by molar-refractivity contribution is 5.89. The van der Waals surface area contributed by atoms with E-state index in [9.17, 15) is 9.59 Å². The van der Waals surface area contributed by atoms with Crippen LogP contribution < -0.4 is 0 Å². The molecule has 116 valence electrons. The van der Waals surface area contributed by atoms with Gasteiger partial charge in [0, 0.05) is 25.0 Å². The lowest BCUT2D eigenvalue weighted by Crippen LogP contribution is -2.38. The lowest BCUT2D eigenvalue weighted by molar-refractivity contribution is -0.138. The van der Waals surface area contributed by atoms with Gasteiger partial charge in [0.1, 0.15) is 0 Å². The molecule has 1 saturated heterocycles. The van der Waals surface area contributed by atoms with Gasteiger partial charge in [0.05, 0.1) is 0 Å². The maximum Gasteiger partial charge on any atom is 0.379 e. The molecule has 0 radical (unpaired) electrons. The first-order valence-corrected chi connectivity index (χ1v) is 7.24. The third kappa shape index (κ3) is 2.63. The van der Waals surface area contributed by atoms with Gasteiger partial charge in [0.25, 0.3) is 17.5 Å². The number of ether oxygens (including phenoxy) is 1. The van der Waals surface area contributed by atoms with Gasteiger partial charge < -0.3 is 9.64 Å². The SMILES string of the molecule is Cc1ccnc2nc(C(=O)OC(C)C(=O)N3CCCC3)nn12. The first kappa shape index (κ1) is 14.4. The number of amides is 1. The van der Waals surface area contributed by atoms with Crippen molar-refractivity contribution in [1.82, 2.24) is 24.5 Å². The number of carbonyl (C=O) groups excluding carboxylic acids is 2. The Morgan fingerprint density at radius 2 is 2.05 bits per heavy atom. The van der Waals surface area contributed by atoms with E-state index in [2.05, 4.69) is 15.1 Å². The Morgan fingerprint density at radius 3 is 2.73 bits per heavy atom. The van der Waals surface area contributed by atoms with Crippen molar-refractivity contribution in [2.45, 2.75) is 32.8 Å². The van der Waals surface area contributed by atoms with Crippen LogP contribution in [-0.4, -0.2) is 55.6 Å². The second-order valence-electron chi connectivity index (χ2n) is 5.31. The van der Waals surface area contributed by atoms with E-state index < -0.39 is 12.1 Å². The summed E-state index contributed by atoms with van der Waals surface area (Å²) in [7, 11) is 0. The second-order valence-corrected chi connectivity index (χ2v) is 5.31. The number of hydrogen-bond acceptors (Lipinski definition) is 6. The van der Waals surface area contributed by atoms with Gasteiger partial charge in [-0.3, -0.25) is 4.79 Å². The van der Waals surface area contributed by atoms with Crippen LogP contribution in [0.4, 0.5) is 0 Å². The molecule has 3 rings (SSSR count). The molecule has 8 nitrogen and oxygen atoms in total. The van der Waals surface area contributed by atoms with Crippen molar-refractivity contribution >= 4 is 17.7 Å². The van der Waals surface area contributed by atoms with E-state index in [0.29, 0.717) is 5.78 Å². The number of hydrogen-bond donors (Lipinski definition) is 0. The summed E-state index contributed by atoms with van der Waals surface area (Å²) in [5.74, 6) is -0.665. The smallest absolute Gasteiger partial charge is 0.379 e. The number of nitrogens with zero attached hydrogens (tertiary/aromatic N) is 5. The van der Waals surface area contributed by atoms with Gasteiger partial charge in [0.15, 0.2) is 6.10 Å². The number of aromatic nitrogens is 4. The van der Waals surface area contributed by atoms with Gasteiger partial charge in [-0.2, -0.15) is 4.98 Å². The summed E-state index contributed by atoms with van der Waals surface area (Å²) < 4.78 is 6.65. The van der Waals surface area contributed by atoms with Gasteiger partial charge in [0.2, 0.25) is 0 Å². The maximum atomic E-state index is 12.1. The average molecular weight is 303 g/mol. The molecule has 0 saturated carbocycles. The number of esters is 1. The summed E-state index contributed by atoms with van der Waals surface area (Å²) in [5, 5.41) is 4.07. The molecule has 0 aliphatic carbocycles. The summed E-state index contributed by atoms with van der Waals surface area (Å²) in [5.41, 5.74) is 0.803. The Morgan fingerprint density at radius 1 is 1.32 bits per heavy atom. The van der Waals surface area contributed by atoms with E-state index in [1.54, 1.807) is 24.1 Å². The molecule has 8 heteroatoms. The molecular formula is C14H17N5O3. The van der Waals surface area contributed by atoms with E-state index >= 15 is 0 Å². The van der Waals surface area contributed by atoms with Gasteiger partial charge in [-0.05, 0) is 32.8 Å². The van der Waals surface area contributed by atoms with E-state index in [-0.39, 0.29) is 11.7 Å². The molecule has 22 heavy (non-hydrogen) atoms. The van der Waals surface area contributed by atoms with Gasteiger partial charge in [-0.1, -0.05) is 0 Å². The van der Waals surface area contributed by atoms with Crippen molar-refractivity contribution in [1.29, 1.82) is 0 Å². The molecular weight excluding hydrogens is 286 g/mol. The molecule has 0 aromatic carbocycles. The summed E-state index contributed by atoms with van der Waals surface area (Å²) in [4.78, 5) is 34.0. The lowest BCUT2D eigenvalue weighted by Gasteiger charge is -2.19. The van der Waals surface area contributed by atoms with Crippen LogP contribution in [0.5, 0.6) is 0 Å². The Balaban J connectivity index is 1.72. The van der Waals surface area contributed by atoms with Crippen molar-refractivity contribution in [3.05, 3.63) is 23.8 Å². The highest BCUT2D eigenvalue weighted by Crippen LogP contribution is 2.11. The highest BCUT2D eigenvalue weighted by Gasteiger charge is 2.27. The van der Waals surface area contributed by atoms with Gasteiger partial charge >= 0.3 is 5.97 Å². The largest absolute Gasteiger partial charge is 0.447 e. The van der Waals surface area contributed by atoms with Crippen LogP contribution in [0, 0.1) is 6.92 Å². The molecule has 1 fully saturated rings. The Kier molecular flexibility index (Phi) is 3.74. The molecule has 1 atom stereocenters. The minimum atomic E-state index is -0.841. The second kappa shape index (κ2) is 5.70. The van der Waals surface area contributed by atoms with Gasteiger partial charge in [-0.25, -0.2) is 14.3 Å². The number of aryl methyl sites for hydroxylation is 1. The monoisotopic (exact) mass is 303 g/mol. The van der Waals surface area contributed by atoms with Crippen molar-refractivity contribution < 1.29 is 14.3 Å². The van der Waals surface area contributed by atoms with Crippen molar-refractivity contribution in [3.63, 3.8) is 0 Å². The third-order valence-electron chi connectivity index (χ3n) is 3.66. The zero-order chi connectivity index (χ0) is 15.7. The minimum Gasteiger partial charge on any atom is -0.447 e. The van der Waals surface area contributed by atoms with E-state index in [4.69, 9.17) is 4.74 Å². The van der Waals surface area contributed by atoms with Crippen molar-refractivity contribution in [3.8, 4) is 0 Å². The average Bonchev–Trinajstić information content (AvgIpc) is 3.16. The molecule has 0 bridgehead atoms. The lowest BCUT2D eigenvalue weighted by atomic mass is 10.3. The molecule has 1 amide bonds. The van der Waals surface area contributed by atoms with E-state index in [0.717, 1.165) is 31.6 Å². The van der Waals surface area contributed by atoms with E-state index in [1.807, 2.05) is 6.92 Å². The normalized spacial score (nSPS) is 16.0. The summed E-state index contributed by atoms with van der Waals surface area (Å²) in [6, 6.07) is 1.76.